The van der Waals surface area contributed by atoms with Gasteiger partial charge in [0, 0.05) is 18.3 Å². The summed E-state index contributed by atoms with van der Waals surface area (Å²) in [6.45, 7) is 14.6. The SMILES string of the molecule is CC(C)CCCCCC(=O)OC(OC(=O)CCCCCC(C)C)C(C)(C)C. The van der Waals surface area contributed by atoms with E-state index in [1.807, 2.05) is 20.8 Å². The van der Waals surface area contributed by atoms with Crippen LogP contribution in [0.4, 0.5) is 0 Å². The maximum Gasteiger partial charge on any atom is 0.308 e. The molecule has 0 saturated carbocycles. The number of ether oxygens (including phenoxy) is 2. The summed E-state index contributed by atoms with van der Waals surface area (Å²) >= 11 is 0. The number of hydrogen-bond donors (Lipinski definition) is 0. The van der Waals surface area contributed by atoms with E-state index in [2.05, 4.69) is 27.7 Å². The van der Waals surface area contributed by atoms with Crippen molar-refractivity contribution in [1.29, 1.82) is 0 Å². The standard InChI is InChI=1S/C23H44O4/c1-18(2)14-10-8-12-16-20(24)26-22(23(5,6)7)27-21(25)17-13-9-11-15-19(3)4/h18-19,22H,8-17H2,1-7H3. The summed E-state index contributed by atoms with van der Waals surface area (Å²) in [5.41, 5.74) is -0.430. The van der Waals surface area contributed by atoms with Crippen molar-refractivity contribution in [1.82, 2.24) is 0 Å². The molecule has 0 spiro atoms. The zero-order valence-corrected chi connectivity index (χ0v) is 18.9. The van der Waals surface area contributed by atoms with Crippen molar-refractivity contribution in [2.24, 2.45) is 17.3 Å². The first-order chi connectivity index (χ1) is 12.5. The van der Waals surface area contributed by atoms with E-state index in [1.54, 1.807) is 0 Å². The van der Waals surface area contributed by atoms with E-state index in [9.17, 15) is 9.59 Å². The Morgan fingerprint density at radius 2 is 1.04 bits per heavy atom. The second-order valence-corrected chi connectivity index (χ2v) is 9.66. The molecule has 160 valence electrons. The highest BCUT2D eigenvalue weighted by atomic mass is 16.7. The van der Waals surface area contributed by atoms with E-state index in [-0.39, 0.29) is 11.9 Å². The van der Waals surface area contributed by atoms with Crippen LogP contribution >= 0.6 is 0 Å². The quantitative estimate of drug-likeness (QED) is 0.191. The third kappa shape index (κ3) is 15.7. The number of esters is 2. The lowest BCUT2D eigenvalue weighted by atomic mass is 9.96. The number of carbonyl (C=O) groups is 2. The summed E-state index contributed by atoms with van der Waals surface area (Å²) in [4.78, 5) is 24.3. The minimum absolute atomic E-state index is 0.274. The van der Waals surface area contributed by atoms with Gasteiger partial charge in [-0.25, -0.2) is 0 Å². The minimum Gasteiger partial charge on any atom is -0.425 e. The molecule has 0 unspecified atom stereocenters. The summed E-state index contributed by atoms with van der Waals surface area (Å²) in [7, 11) is 0. The van der Waals surface area contributed by atoms with Gasteiger partial charge in [0.05, 0.1) is 0 Å². The van der Waals surface area contributed by atoms with E-state index >= 15 is 0 Å². The van der Waals surface area contributed by atoms with Gasteiger partial charge in [-0.3, -0.25) is 9.59 Å². The van der Waals surface area contributed by atoms with Crippen LogP contribution in [-0.4, -0.2) is 18.2 Å². The third-order valence-electron chi connectivity index (χ3n) is 4.51. The maximum atomic E-state index is 12.1. The van der Waals surface area contributed by atoms with E-state index in [1.165, 1.54) is 12.8 Å². The molecule has 0 heterocycles. The average Bonchev–Trinajstić information content (AvgIpc) is 2.52. The van der Waals surface area contributed by atoms with Gasteiger partial charge in [0.2, 0.25) is 0 Å². The lowest BCUT2D eigenvalue weighted by Crippen LogP contribution is -2.36. The Morgan fingerprint density at radius 1 is 0.667 bits per heavy atom. The summed E-state index contributed by atoms with van der Waals surface area (Å²) < 4.78 is 11.0. The summed E-state index contributed by atoms with van der Waals surface area (Å²) in [5.74, 6) is 0.854. The smallest absolute Gasteiger partial charge is 0.308 e. The van der Waals surface area contributed by atoms with Crippen molar-refractivity contribution in [3.63, 3.8) is 0 Å². The fraction of sp³-hybridized carbons (Fsp3) is 0.913. The molecule has 0 aliphatic carbocycles. The molecular weight excluding hydrogens is 340 g/mol. The molecule has 0 radical (unpaired) electrons. The molecular formula is C23H44O4. The number of rotatable bonds is 14. The predicted octanol–water partition coefficient (Wildman–Crippen LogP) is 6.66. The zero-order valence-electron chi connectivity index (χ0n) is 18.9. The normalized spacial score (nSPS) is 12.1. The van der Waals surface area contributed by atoms with Crippen LogP contribution in [0.5, 0.6) is 0 Å². The summed E-state index contributed by atoms with van der Waals surface area (Å²) in [5, 5.41) is 0. The predicted molar refractivity (Wildman–Crippen MR) is 111 cm³/mol. The zero-order chi connectivity index (χ0) is 20.9. The molecule has 0 aliphatic heterocycles. The largest absolute Gasteiger partial charge is 0.425 e. The van der Waals surface area contributed by atoms with Gasteiger partial charge in [-0.1, -0.05) is 87.0 Å². The molecule has 0 aromatic heterocycles. The van der Waals surface area contributed by atoms with Crippen LogP contribution in [0.3, 0.4) is 0 Å². The summed E-state index contributed by atoms with van der Waals surface area (Å²) in [6.07, 6.45) is 8.33. The first-order valence-corrected chi connectivity index (χ1v) is 10.9. The van der Waals surface area contributed by atoms with Gasteiger partial charge in [-0.05, 0) is 24.7 Å². The topological polar surface area (TPSA) is 52.6 Å². The Kier molecular flexibility index (Phi) is 13.5. The Morgan fingerprint density at radius 3 is 1.33 bits per heavy atom. The molecule has 0 fully saturated rings. The molecule has 0 rings (SSSR count). The molecule has 0 aliphatic rings. The minimum atomic E-state index is -0.816. The highest BCUT2D eigenvalue weighted by Crippen LogP contribution is 2.25. The number of unbranched alkanes of at least 4 members (excludes halogenated alkanes) is 4. The highest BCUT2D eigenvalue weighted by molar-refractivity contribution is 5.71. The second-order valence-electron chi connectivity index (χ2n) is 9.66. The molecule has 0 saturated heterocycles. The molecule has 4 nitrogen and oxygen atoms in total. The lowest BCUT2D eigenvalue weighted by molar-refractivity contribution is -0.207. The van der Waals surface area contributed by atoms with Crippen LogP contribution in [0.25, 0.3) is 0 Å². The van der Waals surface area contributed by atoms with Crippen molar-refractivity contribution in [2.45, 2.75) is 119 Å². The molecule has 0 aromatic rings. The van der Waals surface area contributed by atoms with Gasteiger partial charge < -0.3 is 9.47 Å². The van der Waals surface area contributed by atoms with Crippen LogP contribution in [-0.2, 0) is 19.1 Å². The second kappa shape index (κ2) is 14.0. The monoisotopic (exact) mass is 384 g/mol. The van der Waals surface area contributed by atoms with Gasteiger partial charge in [0.25, 0.3) is 6.29 Å². The molecule has 0 N–H and O–H groups in total. The first kappa shape index (κ1) is 25.9. The van der Waals surface area contributed by atoms with Gasteiger partial charge in [0.15, 0.2) is 0 Å². The van der Waals surface area contributed by atoms with Gasteiger partial charge in [-0.15, -0.1) is 0 Å². The van der Waals surface area contributed by atoms with Crippen LogP contribution in [0.1, 0.15) is 113 Å². The van der Waals surface area contributed by atoms with Crippen LogP contribution in [0.2, 0.25) is 0 Å². The fourth-order valence-electron chi connectivity index (χ4n) is 2.73. The molecule has 0 atom stereocenters. The van der Waals surface area contributed by atoms with Crippen molar-refractivity contribution in [2.75, 3.05) is 0 Å². The Labute approximate surface area is 167 Å². The van der Waals surface area contributed by atoms with E-state index < -0.39 is 11.7 Å². The maximum absolute atomic E-state index is 12.1. The van der Waals surface area contributed by atoms with Gasteiger partial charge in [-0.2, -0.15) is 0 Å². The van der Waals surface area contributed by atoms with Crippen molar-refractivity contribution >= 4 is 11.9 Å². The van der Waals surface area contributed by atoms with E-state index in [0.717, 1.165) is 38.5 Å². The lowest BCUT2D eigenvalue weighted by Gasteiger charge is -2.29. The van der Waals surface area contributed by atoms with Gasteiger partial charge >= 0.3 is 11.9 Å². The summed E-state index contributed by atoms with van der Waals surface area (Å²) in [6, 6.07) is 0. The molecule has 0 aromatic carbocycles. The van der Waals surface area contributed by atoms with Crippen LogP contribution in [0, 0.1) is 17.3 Å². The average molecular weight is 385 g/mol. The molecule has 27 heavy (non-hydrogen) atoms. The third-order valence-corrected chi connectivity index (χ3v) is 4.51. The van der Waals surface area contributed by atoms with Gasteiger partial charge in [0.1, 0.15) is 0 Å². The Hall–Kier alpha value is -1.06. The highest BCUT2D eigenvalue weighted by Gasteiger charge is 2.31. The Bertz CT molecular complexity index is 375. The van der Waals surface area contributed by atoms with E-state index in [0.29, 0.717) is 24.7 Å². The van der Waals surface area contributed by atoms with Crippen LogP contribution < -0.4 is 0 Å². The number of carbonyl (C=O) groups excluding carboxylic acids is 2. The van der Waals surface area contributed by atoms with Crippen molar-refractivity contribution in [3.05, 3.63) is 0 Å². The molecule has 0 bridgehead atoms. The van der Waals surface area contributed by atoms with E-state index in [4.69, 9.17) is 9.47 Å². The fourth-order valence-corrected chi connectivity index (χ4v) is 2.73. The number of hydrogen-bond acceptors (Lipinski definition) is 4. The molecule has 0 amide bonds. The van der Waals surface area contributed by atoms with Crippen molar-refractivity contribution in [3.8, 4) is 0 Å². The molecule has 4 heteroatoms. The van der Waals surface area contributed by atoms with Crippen LogP contribution in [0.15, 0.2) is 0 Å². The Balaban J connectivity index is 4.19. The first-order valence-electron chi connectivity index (χ1n) is 10.9. The van der Waals surface area contributed by atoms with Crippen molar-refractivity contribution < 1.29 is 19.1 Å².